The molecule has 1 aliphatic heterocycles. The molecule has 3 N–H and O–H groups in total. The maximum absolute atomic E-state index is 13.2. The number of benzene rings is 1. The number of sulfonamides is 1. The molecule has 0 saturated carbocycles. The summed E-state index contributed by atoms with van der Waals surface area (Å²) in [6.07, 6.45) is 1.31. The van der Waals surface area contributed by atoms with Gasteiger partial charge in [0.1, 0.15) is 0 Å². The number of pyridine rings is 1. The predicted octanol–water partition coefficient (Wildman–Crippen LogP) is 1.59. The van der Waals surface area contributed by atoms with Crippen molar-refractivity contribution in [2.24, 2.45) is 11.7 Å². The molecular formula is C22H29N5O4S. The van der Waals surface area contributed by atoms with Crippen LogP contribution in [-0.4, -0.2) is 61.6 Å². The molecule has 3 rings (SSSR count). The maximum Gasteiger partial charge on any atom is 0.253 e. The molecule has 2 amide bonds. The highest BCUT2D eigenvalue weighted by Crippen LogP contribution is 2.25. The molecule has 0 spiro atoms. The molecule has 1 aromatic carbocycles. The Bertz CT molecular complexity index is 1120. The minimum Gasteiger partial charge on any atom is -0.379 e. The summed E-state index contributed by atoms with van der Waals surface area (Å²) in [7, 11) is -0.887. The zero-order valence-corrected chi connectivity index (χ0v) is 19.4. The van der Waals surface area contributed by atoms with Gasteiger partial charge in [-0.3, -0.25) is 14.6 Å². The van der Waals surface area contributed by atoms with Crippen LogP contribution in [0.4, 0.5) is 5.69 Å². The van der Waals surface area contributed by atoms with E-state index in [4.69, 9.17) is 5.73 Å². The van der Waals surface area contributed by atoms with Crippen LogP contribution >= 0.6 is 0 Å². The number of primary amides is 1. The number of anilines is 1. The molecule has 32 heavy (non-hydrogen) atoms. The molecule has 10 heteroatoms. The molecule has 0 bridgehead atoms. The second kappa shape index (κ2) is 9.66. The summed E-state index contributed by atoms with van der Waals surface area (Å²) in [4.78, 5) is 30.8. The Morgan fingerprint density at radius 3 is 2.66 bits per heavy atom. The summed E-state index contributed by atoms with van der Waals surface area (Å²) in [5.41, 5.74) is 7.82. The van der Waals surface area contributed by atoms with Crippen molar-refractivity contribution in [2.45, 2.75) is 31.2 Å². The summed E-state index contributed by atoms with van der Waals surface area (Å²) < 4.78 is 26.7. The molecular weight excluding hydrogens is 430 g/mol. The van der Waals surface area contributed by atoms with Crippen LogP contribution < -0.4 is 11.1 Å². The standard InChI is InChI=1S/C22H29N5O4S/c1-15-6-4-8-18(25-15)13-24-19-10-17(11-20(12-19)32(30,31)26(2)3)22(29)27-9-5-7-16(14-27)21(23)28/h4,6,8,10-12,16,24H,5,7,9,13-14H2,1-3H3,(H2,23,28). The van der Waals surface area contributed by atoms with Crippen LogP contribution in [0.5, 0.6) is 0 Å². The van der Waals surface area contributed by atoms with Gasteiger partial charge in [-0.2, -0.15) is 0 Å². The van der Waals surface area contributed by atoms with Crippen molar-refractivity contribution >= 4 is 27.5 Å². The fourth-order valence-corrected chi connectivity index (χ4v) is 4.62. The monoisotopic (exact) mass is 459 g/mol. The lowest BCUT2D eigenvalue weighted by atomic mass is 9.97. The Hall–Kier alpha value is -2.98. The number of nitrogens with two attached hydrogens (primary N) is 1. The third-order valence-corrected chi connectivity index (χ3v) is 7.26. The molecule has 1 fully saturated rings. The van der Waals surface area contributed by atoms with E-state index >= 15 is 0 Å². The highest BCUT2D eigenvalue weighted by Gasteiger charge is 2.29. The fourth-order valence-electron chi connectivity index (χ4n) is 3.65. The van der Waals surface area contributed by atoms with Crippen LogP contribution in [0.25, 0.3) is 0 Å². The molecule has 0 aliphatic carbocycles. The summed E-state index contributed by atoms with van der Waals surface area (Å²) in [5.74, 6) is -1.16. The Kier molecular flexibility index (Phi) is 7.15. The lowest BCUT2D eigenvalue weighted by Gasteiger charge is -2.31. The largest absolute Gasteiger partial charge is 0.379 e. The number of rotatable bonds is 7. The smallest absolute Gasteiger partial charge is 0.253 e. The summed E-state index contributed by atoms with van der Waals surface area (Å²) in [5, 5.41) is 3.17. The second-order valence-corrected chi connectivity index (χ2v) is 10.3. The molecule has 1 aromatic heterocycles. The van der Waals surface area contributed by atoms with Crippen molar-refractivity contribution in [1.29, 1.82) is 0 Å². The fraction of sp³-hybridized carbons (Fsp3) is 0.409. The van der Waals surface area contributed by atoms with Crippen LogP contribution in [0, 0.1) is 12.8 Å². The van der Waals surface area contributed by atoms with Gasteiger partial charge in [0.05, 0.1) is 23.1 Å². The van der Waals surface area contributed by atoms with Crippen molar-refractivity contribution in [3.63, 3.8) is 0 Å². The average molecular weight is 460 g/mol. The highest BCUT2D eigenvalue weighted by molar-refractivity contribution is 7.89. The van der Waals surface area contributed by atoms with E-state index in [0.717, 1.165) is 15.7 Å². The molecule has 172 valence electrons. The Morgan fingerprint density at radius 1 is 1.25 bits per heavy atom. The molecule has 0 radical (unpaired) electrons. The highest BCUT2D eigenvalue weighted by atomic mass is 32.2. The SMILES string of the molecule is Cc1cccc(CNc2cc(C(=O)N3CCCC(C(N)=O)C3)cc(S(=O)(=O)N(C)C)c2)n1. The van der Waals surface area contributed by atoms with E-state index in [1.807, 2.05) is 25.1 Å². The molecule has 9 nitrogen and oxygen atoms in total. The summed E-state index contributed by atoms with van der Waals surface area (Å²) >= 11 is 0. The summed E-state index contributed by atoms with van der Waals surface area (Å²) in [6, 6.07) is 10.2. The zero-order valence-electron chi connectivity index (χ0n) is 18.5. The van der Waals surface area contributed by atoms with Crippen LogP contribution in [0.15, 0.2) is 41.3 Å². The van der Waals surface area contributed by atoms with Gasteiger partial charge in [0.25, 0.3) is 5.91 Å². The lowest BCUT2D eigenvalue weighted by molar-refractivity contribution is -0.123. The number of hydrogen-bond acceptors (Lipinski definition) is 6. The molecule has 1 saturated heterocycles. The van der Waals surface area contributed by atoms with Gasteiger partial charge < -0.3 is 16.0 Å². The number of carbonyl (C=O) groups excluding carboxylic acids is 2. The number of nitrogens with zero attached hydrogens (tertiary/aromatic N) is 3. The van der Waals surface area contributed by atoms with Crippen molar-refractivity contribution < 1.29 is 18.0 Å². The van der Waals surface area contributed by atoms with Gasteiger partial charge >= 0.3 is 0 Å². The third-order valence-electron chi connectivity index (χ3n) is 5.46. The number of aryl methyl sites for hydroxylation is 1. The van der Waals surface area contributed by atoms with E-state index in [9.17, 15) is 18.0 Å². The van der Waals surface area contributed by atoms with Gasteiger partial charge in [-0.05, 0) is 50.1 Å². The first-order valence-electron chi connectivity index (χ1n) is 10.4. The topological polar surface area (TPSA) is 126 Å². The van der Waals surface area contributed by atoms with E-state index < -0.39 is 21.8 Å². The van der Waals surface area contributed by atoms with Gasteiger partial charge in [0, 0.05) is 44.1 Å². The average Bonchev–Trinajstić information content (AvgIpc) is 2.77. The first kappa shape index (κ1) is 23.7. The van der Waals surface area contributed by atoms with Crippen LogP contribution in [-0.2, 0) is 21.4 Å². The van der Waals surface area contributed by atoms with E-state index in [0.29, 0.717) is 31.6 Å². The third kappa shape index (κ3) is 5.43. The normalized spacial score (nSPS) is 16.8. The van der Waals surface area contributed by atoms with Crippen molar-refractivity contribution in [3.8, 4) is 0 Å². The molecule has 1 aliphatic rings. The van der Waals surface area contributed by atoms with Gasteiger partial charge in [0.15, 0.2) is 0 Å². The maximum atomic E-state index is 13.2. The number of piperidine rings is 1. The first-order chi connectivity index (χ1) is 15.1. The Morgan fingerprint density at radius 2 is 2.00 bits per heavy atom. The zero-order chi connectivity index (χ0) is 23.5. The molecule has 2 heterocycles. The summed E-state index contributed by atoms with van der Waals surface area (Å²) in [6.45, 7) is 2.98. The quantitative estimate of drug-likeness (QED) is 0.648. The predicted molar refractivity (Wildman–Crippen MR) is 121 cm³/mol. The van der Waals surface area contributed by atoms with E-state index in [1.165, 1.54) is 26.2 Å². The van der Waals surface area contributed by atoms with Crippen molar-refractivity contribution in [1.82, 2.24) is 14.2 Å². The minimum atomic E-state index is -3.77. The molecule has 1 unspecified atom stereocenters. The van der Waals surface area contributed by atoms with Crippen LogP contribution in [0.2, 0.25) is 0 Å². The second-order valence-electron chi connectivity index (χ2n) is 8.15. The minimum absolute atomic E-state index is 0.0107. The van der Waals surface area contributed by atoms with Crippen LogP contribution in [0.1, 0.15) is 34.6 Å². The van der Waals surface area contributed by atoms with Crippen molar-refractivity contribution in [2.75, 3.05) is 32.5 Å². The lowest BCUT2D eigenvalue weighted by Crippen LogP contribution is -2.44. The van der Waals surface area contributed by atoms with Crippen LogP contribution in [0.3, 0.4) is 0 Å². The van der Waals surface area contributed by atoms with E-state index in [2.05, 4.69) is 10.3 Å². The Balaban J connectivity index is 1.93. The van der Waals surface area contributed by atoms with Gasteiger partial charge in [-0.15, -0.1) is 0 Å². The molecule has 2 aromatic rings. The number of likely N-dealkylation sites (tertiary alicyclic amines) is 1. The van der Waals surface area contributed by atoms with E-state index in [1.54, 1.807) is 11.0 Å². The Labute approximate surface area is 188 Å². The van der Waals surface area contributed by atoms with Gasteiger partial charge in [-0.1, -0.05) is 6.07 Å². The number of nitrogens with one attached hydrogen (secondary N) is 1. The number of amides is 2. The number of carbonyl (C=O) groups is 2. The molecule has 1 atom stereocenters. The van der Waals surface area contributed by atoms with Gasteiger partial charge in [0.2, 0.25) is 15.9 Å². The van der Waals surface area contributed by atoms with Gasteiger partial charge in [-0.25, -0.2) is 12.7 Å². The van der Waals surface area contributed by atoms with Crippen molar-refractivity contribution in [3.05, 3.63) is 53.3 Å². The van der Waals surface area contributed by atoms with E-state index in [-0.39, 0.29) is 22.9 Å². The number of aromatic nitrogens is 1. The number of hydrogen-bond donors (Lipinski definition) is 2. The first-order valence-corrected chi connectivity index (χ1v) is 11.8.